The molecule has 8 heteroatoms. The van der Waals surface area contributed by atoms with Gasteiger partial charge in [0.05, 0.1) is 31.1 Å². The smallest absolute Gasteiger partial charge is 0.433 e. The first-order valence-corrected chi connectivity index (χ1v) is 10.0. The van der Waals surface area contributed by atoms with Crippen molar-refractivity contribution in [3.8, 4) is 0 Å². The number of nitrogens with zero attached hydrogens (tertiary/aromatic N) is 4. The van der Waals surface area contributed by atoms with Crippen molar-refractivity contribution in [2.45, 2.75) is 39.7 Å². The van der Waals surface area contributed by atoms with E-state index in [-0.39, 0.29) is 13.2 Å². The topological polar surface area (TPSA) is 84.9 Å². The normalized spacial score (nSPS) is 16.0. The Morgan fingerprint density at radius 3 is 2.33 bits per heavy atom. The second-order valence-electron chi connectivity index (χ2n) is 6.68. The van der Waals surface area contributed by atoms with Crippen molar-refractivity contribution in [3.63, 3.8) is 0 Å². The minimum Gasteiger partial charge on any atom is -0.448 e. The minimum atomic E-state index is -0.659. The third kappa shape index (κ3) is 4.42. The minimum absolute atomic E-state index is 0.174. The monoisotopic (exact) mass is 410 g/mol. The van der Waals surface area contributed by atoms with E-state index in [1.165, 1.54) is 10.0 Å². The maximum atomic E-state index is 12.9. The SMILES string of the molecule is CCOC(=O)N1C(c2cnccn2)=C(CCc2ccccc2)C(C)N1C(=O)OCC. The van der Waals surface area contributed by atoms with Gasteiger partial charge in [-0.2, -0.15) is 5.01 Å². The fourth-order valence-electron chi connectivity index (χ4n) is 3.50. The third-order valence-electron chi connectivity index (χ3n) is 4.83. The van der Waals surface area contributed by atoms with Gasteiger partial charge in [0, 0.05) is 12.4 Å². The summed E-state index contributed by atoms with van der Waals surface area (Å²) in [6.07, 6.45) is 4.79. The van der Waals surface area contributed by atoms with Crippen LogP contribution in [0.5, 0.6) is 0 Å². The number of rotatable bonds is 6. The first-order chi connectivity index (χ1) is 14.6. The lowest BCUT2D eigenvalue weighted by Gasteiger charge is -2.30. The summed E-state index contributed by atoms with van der Waals surface area (Å²) in [5.41, 5.74) is 3.05. The summed E-state index contributed by atoms with van der Waals surface area (Å²) >= 11 is 0. The lowest BCUT2D eigenvalue weighted by molar-refractivity contribution is 0.0101. The van der Waals surface area contributed by atoms with Crippen LogP contribution in [0.15, 0.2) is 54.5 Å². The van der Waals surface area contributed by atoms with Crippen molar-refractivity contribution in [2.75, 3.05) is 13.2 Å². The molecule has 0 aliphatic carbocycles. The summed E-state index contributed by atoms with van der Waals surface area (Å²) in [5.74, 6) is 0. The van der Waals surface area contributed by atoms with Gasteiger partial charge in [-0.05, 0) is 44.7 Å². The van der Waals surface area contributed by atoms with E-state index in [2.05, 4.69) is 22.1 Å². The maximum absolute atomic E-state index is 12.9. The number of hydrazine groups is 1. The number of carbonyl (C=O) groups excluding carboxylic acids is 2. The number of amides is 2. The van der Waals surface area contributed by atoms with E-state index < -0.39 is 18.2 Å². The zero-order valence-electron chi connectivity index (χ0n) is 17.4. The average molecular weight is 410 g/mol. The zero-order chi connectivity index (χ0) is 21.5. The van der Waals surface area contributed by atoms with E-state index in [4.69, 9.17) is 9.47 Å². The Morgan fingerprint density at radius 1 is 1.00 bits per heavy atom. The van der Waals surface area contributed by atoms with Gasteiger partial charge in [-0.25, -0.2) is 14.6 Å². The molecule has 0 bridgehead atoms. The molecule has 0 fully saturated rings. The molecule has 30 heavy (non-hydrogen) atoms. The van der Waals surface area contributed by atoms with Crippen molar-refractivity contribution < 1.29 is 19.1 Å². The molecule has 1 aromatic heterocycles. The van der Waals surface area contributed by atoms with Crippen LogP contribution in [-0.4, -0.2) is 51.4 Å². The Hall–Kier alpha value is -3.42. The van der Waals surface area contributed by atoms with Crippen LogP contribution in [0.1, 0.15) is 38.4 Å². The van der Waals surface area contributed by atoms with Crippen molar-refractivity contribution >= 4 is 17.9 Å². The van der Waals surface area contributed by atoms with E-state index in [1.807, 2.05) is 25.1 Å². The van der Waals surface area contributed by atoms with E-state index in [1.54, 1.807) is 32.4 Å². The van der Waals surface area contributed by atoms with Crippen LogP contribution in [0, 0.1) is 0 Å². The lowest BCUT2D eigenvalue weighted by atomic mass is 9.98. The number of aromatic nitrogens is 2. The molecule has 1 aliphatic heterocycles. The van der Waals surface area contributed by atoms with E-state index >= 15 is 0 Å². The van der Waals surface area contributed by atoms with Gasteiger partial charge >= 0.3 is 12.2 Å². The predicted molar refractivity (Wildman–Crippen MR) is 111 cm³/mol. The zero-order valence-corrected chi connectivity index (χ0v) is 17.4. The Balaban J connectivity index is 2.06. The van der Waals surface area contributed by atoms with Crippen LogP contribution in [0.4, 0.5) is 9.59 Å². The maximum Gasteiger partial charge on any atom is 0.433 e. The van der Waals surface area contributed by atoms with Crippen LogP contribution >= 0.6 is 0 Å². The second-order valence-corrected chi connectivity index (χ2v) is 6.68. The molecule has 2 aromatic rings. The van der Waals surface area contributed by atoms with Gasteiger partial charge in [0.15, 0.2) is 0 Å². The molecular formula is C22H26N4O4. The summed E-state index contributed by atoms with van der Waals surface area (Å²) < 4.78 is 10.5. The molecular weight excluding hydrogens is 384 g/mol. The molecule has 8 nitrogen and oxygen atoms in total. The number of aryl methyl sites for hydroxylation is 1. The molecule has 3 rings (SSSR count). The molecule has 0 spiro atoms. The lowest BCUT2D eigenvalue weighted by Crippen LogP contribution is -2.49. The predicted octanol–water partition coefficient (Wildman–Crippen LogP) is 4.05. The van der Waals surface area contributed by atoms with Gasteiger partial charge in [0.2, 0.25) is 0 Å². The highest BCUT2D eigenvalue weighted by Gasteiger charge is 2.45. The summed E-state index contributed by atoms with van der Waals surface area (Å²) in [7, 11) is 0. The molecule has 0 radical (unpaired) electrons. The largest absolute Gasteiger partial charge is 0.448 e. The van der Waals surface area contributed by atoms with Crippen molar-refractivity contribution in [2.24, 2.45) is 0 Å². The number of carbonyl (C=O) groups is 2. The van der Waals surface area contributed by atoms with Crippen LogP contribution in [0.25, 0.3) is 5.70 Å². The Kier molecular flexibility index (Phi) is 7.00. The van der Waals surface area contributed by atoms with Crippen molar-refractivity contribution in [1.29, 1.82) is 0 Å². The molecule has 1 aliphatic rings. The molecule has 158 valence electrons. The van der Waals surface area contributed by atoms with E-state index in [0.29, 0.717) is 17.8 Å². The fraction of sp³-hybridized carbons (Fsp3) is 0.364. The Morgan fingerprint density at radius 2 is 1.70 bits per heavy atom. The molecule has 1 aromatic carbocycles. The first kappa shape index (κ1) is 21.3. The molecule has 0 saturated heterocycles. The van der Waals surface area contributed by atoms with Gasteiger partial charge < -0.3 is 9.47 Å². The number of benzene rings is 1. The van der Waals surface area contributed by atoms with Gasteiger partial charge in [-0.15, -0.1) is 0 Å². The standard InChI is InChI=1S/C22H26N4O4/c1-4-29-21(27)25-16(3)18(12-11-17-9-7-6-8-10-17)20(19-15-23-13-14-24-19)26(25)22(28)30-5-2/h6-10,13-16H,4-5,11-12H2,1-3H3. The number of ether oxygens (including phenoxy) is 2. The summed E-state index contributed by atoms with van der Waals surface area (Å²) in [5, 5.41) is 2.53. The van der Waals surface area contributed by atoms with Crippen LogP contribution in [-0.2, 0) is 15.9 Å². The molecule has 2 amide bonds. The fourth-order valence-corrected chi connectivity index (χ4v) is 3.50. The number of hydrogen-bond donors (Lipinski definition) is 0. The summed E-state index contributed by atoms with van der Waals surface area (Å²) in [6, 6.07) is 9.64. The summed E-state index contributed by atoms with van der Waals surface area (Å²) in [4.78, 5) is 34.2. The third-order valence-corrected chi connectivity index (χ3v) is 4.83. The van der Waals surface area contributed by atoms with Gasteiger partial charge in [0.1, 0.15) is 5.69 Å². The van der Waals surface area contributed by atoms with Gasteiger partial charge in [-0.1, -0.05) is 30.3 Å². The van der Waals surface area contributed by atoms with Crippen LogP contribution in [0.3, 0.4) is 0 Å². The highest BCUT2D eigenvalue weighted by molar-refractivity contribution is 5.88. The Labute approximate surface area is 176 Å². The van der Waals surface area contributed by atoms with Gasteiger partial charge in [-0.3, -0.25) is 9.97 Å². The van der Waals surface area contributed by atoms with Crippen molar-refractivity contribution in [1.82, 2.24) is 20.0 Å². The van der Waals surface area contributed by atoms with Crippen LogP contribution < -0.4 is 0 Å². The van der Waals surface area contributed by atoms with Crippen LogP contribution in [0.2, 0.25) is 0 Å². The molecule has 0 saturated carbocycles. The summed E-state index contributed by atoms with van der Waals surface area (Å²) in [6.45, 7) is 5.67. The quantitative estimate of drug-likeness (QED) is 0.714. The molecule has 2 heterocycles. The van der Waals surface area contributed by atoms with E-state index in [0.717, 1.165) is 17.6 Å². The number of hydrogen-bond acceptors (Lipinski definition) is 6. The van der Waals surface area contributed by atoms with Gasteiger partial charge in [0.25, 0.3) is 0 Å². The molecule has 1 atom stereocenters. The highest BCUT2D eigenvalue weighted by Crippen LogP contribution is 2.38. The highest BCUT2D eigenvalue weighted by atomic mass is 16.6. The average Bonchev–Trinajstić information content (AvgIpc) is 3.06. The van der Waals surface area contributed by atoms with E-state index in [9.17, 15) is 9.59 Å². The molecule has 0 N–H and O–H groups in total. The second kappa shape index (κ2) is 9.87. The Bertz CT molecular complexity index is 902. The van der Waals surface area contributed by atoms with Crippen molar-refractivity contribution in [3.05, 3.63) is 65.8 Å². The first-order valence-electron chi connectivity index (χ1n) is 10.0. The molecule has 1 unspecified atom stereocenters.